The molecule has 2 heteroatoms. The maximum atomic E-state index is 3.66. The minimum atomic E-state index is 0.727. The van der Waals surface area contributed by atoms with E-state index >= 15 is 0 Å². The molecule has 0 radical (unpaired) electrons. The first kappa shape index (κ1) is 12.0. The van der Waals surface area contributed by atoms with Crippen molar-refractivity contribution in [2.45, 2.75) is 51.1 Å². The normalized spacial score (nSPS) is 28.5. The first-order chi connectivity index (χ1) is 8.88. The maximum Gasteiger partial charge on any atom is 0.0373 e. The van der Waals surface area contributed by atoms with E-state index in [1.165, 1.54) is 49.9 Å². The summed E-state index contributed by atoms with van der Waals surface area (Å²) in [4.78, 5) is 2.76. The molecule has 98 valence electrons. The average Bonchev–Trinajstić information content (AvgIpc) is 2.78. The molecule has 2 atom stereocenters. The quantitative estimate of drug-likeness (QED) is 0.859. The van der Waals surface area contributed by atoms with E-state index in [9.17, 15) is 0 Å². The van der Waals surface area contributed by atoms with Gasteiger partial charge in [0.05, 0.1) is 0 Å². The van der Waals surface area contributed by atoms with Crippen molar-refractivity contribution in [3.63, 3.8) is 0 Å². The molecule has 1 fully saturated rings. The van der Waals surface area contributed by atoms with Crippen molar-refractivity contribution in [2.75, 3.05) is 18.4 Å². The topological polar surface area (TPSA) is 15.3 Å². The lowest BCUT2D eigenvalue weighted by Crippen LogP contribution is -2.42. The van der Waals surface area contributed by atoms with Gasteiger partial charge in [-0.25, -0.2) is 0 Å². The van der Waals surface area contributed by atoms with Crippen molar-refractivity contribution in [3.8, 4) is 0 Å². The fraction of sp³-hybridized carbons (Fsp3) is 0.625. The molecule has 0 aliphatic carbocycles. The summed E-state index contributed by atoms with van der Waals surface area (Å²) >= 11 is 0. The Morgan fingerprint density at radius 3 is 3.06 bits per heavy atom. The number of benzene rings is 1. The highest BCUT2D eigenvalue weighted by molar-refractivity contribution is 5.52. The number of fused-ring (bicyclic) bond motifs is 1. The number of rotatable bonds is 2. The smallest absolute Gasteiger partial charge is 0.0373 e. The molecule has 0 saturated carbocycles. The summed E-state index contributed by atoms with van der Waals surface area (Å²) in [6.45, 7) is 4.76. The molecule has 0 amide bonds. The van der Waals surface area contributed by atoms with E-state index in [0.717, 1.165) is 18.6 Å². The Hall–Kier alpha value is -1.02. The minimum absolute atomic E-state index is 0.727. The number of aryl methyl sites for hydroxylation is 1. The lowest BCUT2D eigenvalue weighted by Gasteiger charge is -2.32. The van der Waals surface area contributed by atoms with Gasteiger partial charge in [0.2, 0.25) is 0 Å². The van der Waals surface area contributed by atoms with Crippen molar-refractivity contribution in [1.29, 1.82) is 0 Å². The Morgan fingerprint density at radius 2 is 2.17 bits per heavy atom. The van der Waals surface area contributed by atoms with Crippen LogP contribution >= 0.6 is 0 Å². The summed E-state index contributed by atoms with van der Waals surface area (Å²) in [5.41, 5.74) is 2.85. The standard InChI is InChI=1S/C16H24N2/c1-2-14-7-5-11-18(14)15-10-9-13-6-3-4-8-16(13)17-12-15/h3-4,6,8,14-15,17H,2,5,7,9-12H2,1H3. The van der Waals surface area contributed by atoms with Gasteiger partial charge in [0.1, 0.15) is 0 Å². The van der Waals surface area contributed by atoms with E-state index in [1.54, 1.807) is 0 Å². The molecular formula is C16H24N2. The van der Waals surface area contributed by atoms with Crippen LogP contribution in [-0.2, 0) is 6.42 Å². The molecule has 2 heterocycles. The van der Waals surface area contributed by atoms with Crippen molar-refractivity contribution >= 4 is 5.69 Å². The van der Waals surface area contributed by atoms with E-state index in [0.29, 0.717) is 0 Å². The molecule has 1 aromatic rings. The fourth-order valence-electron chi connectivity index (χ4n) is 3.62. The second-order valence-electron chi connectivity index (χ2n) is 5.67. The van der Waals surface area contributed by atoms with Gasteiger partial charge >= 0.3 is 0 Å². The van der Waals surface area contributed by atoms with E-state index < -0.39 is 0 Å². The average molecular weight is 244 g/mol. The monoisotopic (exact) mass is 244 g/mol. The molecule has 2 aliphatic rings. The Balaban J connectivity index is 1.71. The third-order valence-corrected chi connectivity index (χ3v) is 4.66. The van der Waals surface area contributed by atoms with Crippen LogP contribution in [0.25, 0.3) is 0 Å². The second-order valence-corrected chi connectivity index (χ2v) is 5.67. The molecule has 18 heavy (non-hydrogen) atoms. The van der Waals surface area contributed by atoms with Crippen LogP contribution in [0.1, 0.15) is 38.2 Å². The Labute approximate surface area is 110 Å². The summed E-state index contributed by atoms with van der Waals surface area (Å²) in [5.74, 6) is 0. The summed E-state index contributed by atoms with van der Waals surface area (Å²) in [6, 6.07) is 10.3. The molecule has 3 rings (SSSR count). The van der Waals surface area contributed by atoms with E-state index in [-0.39, 0.29) is 0 Å². The maximum absolute atomic E-state index is 3.66. The third-order valence-electron chi connectivity index (χ3n) is 4.66. The van der Waals surface area contributed by atoms with Gasteiger partial charge in [-0.3, -0.25) is 4.90 Å². The molecule has 0 aromatic heterocycles. The van der Waals surface area contributed by atoms with Crippen LogP contribution in [0.5, 0.6) is 0 Å². The first-order valence-corrected chi connectivity index (χ1v) is 7.46. The van der Waals surface area contributed by atoms with Gasteiger partial charge in [0.25, 0.3) is 0 Å². The highest BCUT2D eigenvalue weighted by atomic mass is 15.2. The zero-order valence-corrected chi connectivity index (χ0v) is 11.4. The van der Waals surface area contributed by atoms with Gasteiger partial charge in [0, 0.05) is 24.3 Å². The molecule has 1 saturated heterocycles. The first-order valence-electron chi connectivity index (χ1n) is 7.46. The van der Waals surface area contributed by atoms with Crippen molar-refractivity contribution in [2.24, 2.45) is 0 Å². The molecule has 1 N–H and O–H groups in total. The zero-order chi connectivity index (χ0) is 12.4. The molecule has 2 unspecified atom stereocenters. The van der Waals surface area contributed by atoms with Gasteiger partial charge in [-0.05, 0) is 50.3 Å². The molecule has 2 aliphatic heterocycles. The number of anilines is 1. The number of hydrogen-bond donors (Lipinski definition) is 1. The molecule has 2 nitrogen and oxygen atoms in total. The molecule has 1 aromatic carbocycles. The molecule has 0 spiro atoms. The summed E-state index contributed by atoms with van der Waals surface area (Å²) < 4.78 is 0. The van der Waals surface area contributed by atoms with E-state index in [1.807, 2.05) is 0 Å². The van der Waals surface area contributed by atoms with Gasteiger partial charge in [-0.2, -0.15) is 0 Å². The molecule has 0 bridgehead atoms. The predicted octanol–water partition coefficient (Wildman–Crippen LogP) is 3.29. The lowest BCUT2D eigenvalue weighted by atomic mass is 10.0. The number of nitrogens with zero attached hydrogens (tertiary/aromatic N) is 1. The third kappa shape index (κ3) is 2.26. The second kappa shape index (κ2) is 5.31. The van der Waals surface area contributed by atoms with Crippen LogP contribution in [-0.4, -0.2) is 30.1 Å². The summed E-state index contributed by atoms with van der Waals surface area (Å²) in [6.07, 6.45) is 6.63. The highest BCUT2D eigenvalue weighted by Gasteiger charge is 2.30. The fourth-order valence-corrected chi connectivity index (χ4v) is 3.62. The van der Waals surface area contributed by atoms with Gasteiger partial charge in [-0.15, -0.1) is 0 Å². The van der Waals surface area contributed by atoms with Crippen LogP contribution in [0, 0.1) is 0 Å². The highest BCUT2D eigenvalue weighted by Crippen LogP contribution is 2.28. The SMILES string of the molecule is CCC1CCCN1C1CCc2ccccc2NC1. The van der Waals surface area contributed by atoms with Gasteiger partial charge in [-0.1, -0.05) is 25.1 Å². The Bertz CT molecular complexity index is 375. The minimum Gasteiger partial charge on any atom is -0.383 e. The number of para-hydroxylation sites is 1. The largest absolute Gasteiger partial charge is 0.383 e. The van der Waals surface area contributed by atoms with E-state index in [2.05, 4.69) is 41.4 Å². The Kier molecular flexibility index (Phi) is 3.55. The zero-order valence-electron chi connectivity index (χ0n) is 11.4. The predicted molar refractivity (Wildman–Crippen MR) is 77.1 cm³/mol. The summed E-state index contributed by atoms with van der Waals surface area (Å²) in [5, 5.41) is 3.66. The van der Waals surface area contributed by atoms with Crippen molar-refractivity contribution in [3.05, 3.63) is 29.8 Å². The molecular weight excluding hydrogens is 220 g/mol. The number of hydrogen-bond acceptors (Lipinski definition) is 2. The Morgan fingerprint density at radius 1 is 1.28 bits per heavy atom. The lowest BCUT2D eigenvalue weighted by molar-refractivity contribution is 0.175. The summed E-state index contributed by atoms with van der Waals surface area (Å²) in [7, 11) is 0. The van der Waals surface area contributed by atoms with Gasteiger partial charge in [0.15, 0.2) is 0 Å². The van der Waals surface area contributed by atoms with Crippen LogP contribution in [0.3, 0.4) is 0 Å². The number of nitrogens with one attached hydrogen (secondary N) is 1. The van der Waals surface area contributed by atoms with Crippen molar-refractivity contribution < 1.29 is 0 Å². The van der Waals surface area contributed by atoms with Crippen LogP contribution in [0.4, 0.5) is 5.69 Å². The van der Waals surface area contributed by atoms with Gasteiger partial charge < -0.3 is 5.32 Å². The van der Waals surface area contributed by atoms with E-state index in [4.69, 9.17) is 0 Å². The van der Waals surface area contributed by atoms with Crippen LogP contribution in [0.2, 0.25) is 0 Å². The van der Waals surface area contributed by atoms with Crippen LogP contribution < -0.4 is 5.32 Å². The van der Waals surface area contributed by atoms with Crippen LogP contribution in [0.15, 0.2) is 24.3 Å². The van der Waals surface area contributed by atoms with Crippen molar-refractivity contribution in [1.82, 2.24) is 4.90 Å². The number of likely N-dealkylation sites (tertiary alicyclic amines) is 1.